The lowest BCUT2D eigenvalue weighted by Crippen LogP contribution is -2.07. The van der Waals surface area contributed by atoms with E-state index in [2.05, 4.69) is 6.58 Å². The molecule has 1 atom stereocenters. The van der Waals surface area contributed by atoms with Crippen LogP contribution in [0.4, 0.5) is 0 Å². The molecule has 1 unspecified atom stereocenters. The molecule has 0 aromatic carbocycles. The van der Waals surface area contributed by atoms with Crippen LogP contribution >= 0.6 is 0 Å². The van der Waals surface area contributed by atoms with E-state index in [0.29, 0.717) is 6.42 Å². The Morgan fingerprint density at radius 1 is 1.40 bits per heavy atom. The summed E-state index contributed by atoms with van der Waals surface area (Å²) in [5, 5.41) is 17.5. The molecule has 2 heteroatoms. The monoisotopic (exact) mass is 144 g/mol. The number of aliphatic hydroxyl groups is 2. The summed E-state index contributed by atoms with van der Waals surface area (Å²) in [6.45, 7) is 3.65. The van der Waals surface area contributed by atoms with Gasteiger partial charge in [0.25, 0.3) is 0 Å². The average molecular weight is 144 g/mol. The minimum atomic E-state index is -0.329. The molecule has 2 nitrogen and oxygen atoms in total. The Bertz CT molecular complexity index is 81.3. The molecular formula is C8H16O2. The Hall–Kier alpha value is -0.340. The minimum Gasteiger partial charge on any atom is -0.396 e. The lowest BCUT2D eigenvalue weighted by molar-refractivity contribution is 0.123. The van der Waals surface area contributed by atoms with E-state index in [1.54, 1.807) is 0 Å². The SMILES string of the molecule is C=CCCCC(O)CCO. The molecule has 60 valence electrons. The van der Waals surface area contributed by atoms with Gasteiger partial charge < -0.3 is 10.2 Å². The zero-order chi connectivity index (χ0) is 7.82. The fraction of sp³-hybridized carbons (Fsp3) is 0.750. The molecule has 0 aromatic heterocycles. The molecular weight excluding hydrogens is 128 g/mol. The third-order valence-corrected chi connectivity index (χ3v) is 1.41. The van der Waals surface area contributed by atoms with Crippen molar-refractivity contribution in [3.63, 3.8) is 0 Å². The summed E-state index contributed by atoms with van der Waals surface area (Å²) >= 11 is 0. The van der Waals surface area contributed by atoms with Gasteiger partial charge in [0.2, 0.25) is 0 Å². The molecule has 0 saturated carbocycles. The second kappa shape index (κ2) is 6.78. The zero-order valence-corrected chi connectivity index (χ0v) is 6.29. The Kier molecular flexibility index (Phi) is 6.55. The lowest BCUT2D eigenvalue weighted by atomic mass is 10.1. The van der Waals surface area contributed by atoms with Crippen molar-refractivity contribution < 1.29 is 10.2 Å². The Morgan fingerprint density at radius 3 is 2.60 bits per heavy atom. The van der Waals surface area contributed by atoms with Crippen molar-refractivity contribution in [1.82, 2.24) is 0 Å². The molecule has 0 aliphatic heterocycles. The number of aliphatic hydroxyl groups excluding tert-OH is 2. The van der Waals surface area contributed by atoms with E-state index in [4.69, 9.17) is 10.2 Å². The van der Waals surface area contributed by atoms with Gasteiger partial charge in [-0.05, 0) is 25.7 Å². The molecule has 0 heterocycles. The van der Waals surface area contributed by atoms with Crippen LogP contribution in [0, 0.1) is 0 Å². The summed E-state index contributed by atoms with van der Waals surface area (Å²) in [4.78, 5) is 0. The van der Waals surface area contributed by atoms with E-state index in [9.17, 15) is 0 Å². The van der Waals surface area contributed by atoms with Gasteiger partial charge in [0, 0.05) is 6.61 Å². The van der Waals surface area contributed by atoms with Crippen LogP contribution in [0.25, 0.3) is 0 Å². The Morgan fingerprint density at radius 2 is 2.10 bits per heavy atom. The fourth-order valence-electron chi connectivity index (χ4n) is 0.791. The first-order valence-electron chi connectivity index (χ1n) is 3.71. The fourth-order valence-corrected chi connectivity index (χ4v) is 0.791. The van der Waals surface area contributed by atoms with E-state index in [1.807, 2.05) is 6.08 Å². The van der Waals surface area contributed by atoms with Crippen molar-refractivity contribution in [2.75, 3.05) is 6.61 Å². The molecule has 0 fully saturated rings. The van der Waals surface area contributed by atoms with Crippen molar-refractivity contribution >= 4 is 0 Å². The van der Waals surface area contributed by atoms with Gasteiger partial charge in [-0.3, -0.25) is 0 Å². The molecule has 0 aromatic rings. The van der Waals surface area contributed by atoms with Gasteiger partial charge in [-0.15, -0.1) is 6.58 Å². The van der Waals surface area contributed by atoms with Crippen LogP contribution in [0.15, 0.2) is 12.7 Å². The van der Waals surface area contributed by atoms with Crippen molar-refractivity contribution in [1.29, 1.82) is 0 Å². The van der Waals surface area contributed by atoms with Crippen LogP contribution in [0.2, 0.25) is 0 Å². The number of rotatable bonds is 6. The maximum Gasteiger partial charge on any atom is 0.0562 e. The Balaban J connectivity index is 3.04. The van der Waals surface area contributed by atoms with Gasteiger partial charge >= 0.3 is 0 Å². The number of allylic oxidation sites excluding steroid dienone is 1. The van der Waals surface area contributed by atoms with Crippen LogP contribution in [0.1, 0.15) is 25.7 Å². The minimum absolute atomic E-state index is 0.0786. The third kappa shape index (κ3) is 5.79. The van der Waals surface area contributed by atoms with E-state index < -0.39 is 0 Å². The van der Waals surface area contributed by atoms with Crippen molar-refractivity contribution in [2.24, 2.45) is 0 Å². The van der Waals surface area contributed by atoms with Crippen molar-refractivity contribution in [3.05, 3.63) is 12.7 Å². The summed E-state index contributed by atoms with van der Waals surface area (Å²) < 4.78 is 0. The Labute approximate surface area is 62.2 Å². The molecule has 0 spiro atoms. The largest absolute Gasteiger partial charge is 0.396 e. The average Bonchev–Trinajstić information content (AvgIpc) is 1.89. The molecule has 0 bridgehead atoms. The highest BCUT2D eigenvalue weighted by Crippen LogP contribution is 2.03. The topological polar surface area (TPSA) is 40.5 Å². The first-order valence-corrected chi connectivity index (χ1v) is 3.71. The maximum absolute atomic E-state index is 9.08. The molecule has 0 aliphatic carbocycles. The smallest absolute Gasteiger partial charge is 0.0562 e. The maximum atomic E-state index is 9.08. The summed E-state index contributed by atoms with van der Waals surface area (Å²) in [5.41, 5.74) is 0. The van der Waals surface area contributed by atoms with Gasteiger partial charge in [-0.2, -0.15) is 0 Å². The van der Waals surface area contributed by atoms with Gasteiger partial charge in [-0.25, -0.2) is 0 Å². The summed E-state index contributed by atoms with van der Waals surface area (Å²) in [6.07, 6.45) is 4.69. The van der Waals surface area contributed by atoms with Crippen LogP contribution in [-0.2, 0) is 0 Å². The van der Waals surface area contributed by atoms with Gasteiger partial charge in [0.15, 0.2) is 0 Å². The molecule has 0 radical (unpaired) electrons. The number of unbranched alkanes of at least 4 members (excludes halogenated alkanes) is 1. The van der Waals surface area contributed by atoms with Crippen LogP contribution in [0.3, 0.4) is 0 Å². The van der Waals surface area contributed by atoms with Gasteiger partial charge in [-0.1, -0.05) is 6.08 Å². The standard InChI is InChI=1S/C8H16O2/c1-2-3-4-5-8(10)6-7-9/h2,8-10H,1,3-7H2. The highest BCUT2D eigenvalue weighted by Gasteiger charge is 2.00. The highest BCUT2D eigenvalue weighted by atomic mass is 16.3. The molecule has 0 rings (SSSR count). The van der Waals surface area contributed by atoms with Crippen molar-refractivity contribution in [2.45, 2.75) is 31.8 Å². The normalized spacial score (nSPS) is 13.0. The summed E-state index contributed by atoms with van der Waals surface area (Å²) in [6, 6.07) is 0. The molecule has 0 aliphatic rings. The predicted octanol–water partition coefficient (Wildman–Crippen LogP) is 1.09. The first kappa shape index (κ1) is 9.66. The van der Waals surface area contributed by atoms with Crippen LogP contribution in [0.5, 0.6) is 0 Å². The molecule has 0 saturated heterocycles. The second-order valence-corrected chi connectivity index (χ2v) is 2.39. The van der Waals surface area contributed by atoms with Crippen LogP contribution < -0.4 is 0 Å². The molecule has 0 amide bonds. The predicted molar refractivity (Wildman–Crippen MR) is 41.8 cm³/mol. The molecule has 2 N–H and O–H groups in total. The first-order chi connectivity index (χ1) is 4.81. The summed E-state index contributed by atoms with van der Waals surface area (Å²) in [5.74, 6) is 0. The zero-order valence-electron chi connectivity index (χ0n) is 6.29. The number of hydrogen-bond acceptors (Lipinski definition) is 2. The van der Waals surface area contributed by atoms with E-state index in [1.165, 1.54) is 0 Å². The quantitative estimate of drug-likeness (QED) is 0.432. The van der Waals surface area contributed by atoms with E-state index >= 15 is 0 Å². The van der Waals surface area contributed by atoms with E-state index in [0.717, 1.165) is 19.3 Å². The lowest BCUT2D eigenvalue weighted by Gasteiger charge is -2.05. The number of hydrogen-bond donors (Lipinski definition) is 2. The van der Waals surface area contributed by atoms with Gasteiger partial charge in [0.05, 0.1) is 6.10 Å². The molecule has 10 heavy (non-hydrogen) atoms. The van der Waals surface area contributed by atoms with Crippen molar-refractivity contribution in [3.8, 4) is 0 Å². The second-order valence-electron chi connectivity index (χ2n) is 2.39. The summed E-state index contributed by atoms with van der Waals surface area (Å²) in [7, 11) is 0. The van der Waals surface area contributed by atoms with Gasteiger partial charge in [0.1, 0.15) is 0 Å². The third-order valence-electron chi connectivity index (χ3n) is 1.41. The van der Waals surface area contributed by atoms with E-state index in [-0.39, 0.29) is 12.7 Å². The van der Waals surface area contributed by atoms with Crippen LogP contribution in [-0.4, -0.2) is 22.9 Å². The highest BCUT2D eigenvalue weighted by molar-refractivity contribution is 4.67.